The van der Waals surface area contributed by atoms with Crippen LogP contribution in [0, 0.1) is 0 Å². The molecule has 2 aromatic carbocycles. The van der Waals surface area contributed by atoms with Crippen LogP contribution in [0.2, 0.25) is 0 Å². The van der Waals surface area contributed by atoms with Crippen LogP contribution in [0.4, 0.5) is 11.4 Å². The lowest BCUT2D eigenvalue weighted by atomic mass is 9.91. The van der Waals surface area contributed by atoms with Gasteiger partial charge in [0.25, 0.3) is 20.2 Å². The van der Waals surface area contributed by atoms with Crippen LogP contribution >= 0.6 is 0 Å². The molecule has 0 bridgehead atoms. The second-order valence-corrected chi connectivity index (χ2v) is 10.9. The van der Waals surface area contributed by atoms with Crippen molar-refractivity contribution in [3.05, 3.63) is 48.2 Å². The summed E-state index contributed by atoms with van der Waals surface area (Å²) in [5.74, 6) is 0. The molecule has 32 heavy (non-hydrogen) atoms. The minimum atomic E-state index is -4.75. The molecule has 13 heteroatoms. The molecule has 0 saturated carbocycles. The van der Waals surface area contributed by atoms with E-state index in [-0.39, 0.29) is 0 Å². The largest absolute Gasteiger partial charge is 0.296 e. The molecule has 0 aliphatic rings. The number of azo groups is 1. The van der Waals surface area contributed by atoms with Crippen molar-refractivity contribution in [2.45, 2.75) is 36.0 Å². The molecule has 0 aliphatic carbocycles. The van der Waals surface area contributed by atoms with E-state index in [1.165, 1.54) is 0 Å². The van der Waals surface area contributed by atoms with Crippen molar-refractivity contribution in [2.75, 3.05) is 0 Å². The molecule has 3 N–H and O–H groups in total. The third-order valence-electron chi connectivity index (χ3n) is 4.75. The Labute approximate surface area is 183 Å². The van der Waals surface area contributed by atoms with E-state index in [2.05, 4.69) is 20.3 Å². The summed E-state index contributed by atoms with van der Waals surface area (Å²) >= 11 is 0. The Morgan fingerprint density at radius 1 is 0.969 bits per heavy atom. The van der Waals surface area contributed by atoms with Crippen LogP contribution in [0.25, 0.3) is 16.7 Å². The van der Waals surface area contributed by atoms with Gasteiger partial charge in [-0.3, -0.25) is 14.2 Å². The van der Waals surface area contributed by atoms with E-state index < -0.39 is 41.1 Å². The smallest absolute Gasteiger partial charge is 0.293 e. The van der Waals surface area contributed by atoms with Crippen molar-refractivity contribution in [2.24, 2.45) is 10.2 Å². The Morgan fingerprint density at radius 3 is 2.28 bits per heavy atom. The first-order valence-corrected chi connectivity index (χ1v) is 12.2. The summed E-state index contributed by atoms with van der Waals surface area (Å²) in [6, 6.07) is 9.85. The van der Waals surface area contributed by atoms with Crippen LogP contribution in [0.5, 0.6) is 0 Å². The van der Waals surface area contributed by atoms with E-state index in [0.717, 1.165) is 23.7 Å². The standard InChI is InChI=1S/C19H19N5O6S2/c1-19(2,3)17-16(18-20-12-6-4-5-7-14(12)24(18)23-17)22-21-13-10-11(31(25,26)27)8-9-15(13)32(28,29)30/h4-10,23H,1-3H3,(H,25,26,27)(H,28,29,30). The second-order valence-electron chi connectivity index (χ2n) is 8.12. The van der Waals surface area contributed by atoms with Crippen LogP contribution in [-0.4, -0.2) is 40.5 Å². The number of nitrogens with zero attached hydrogens (tertiary/aromatic N) is 4. The topological polar surface area (TPSA) is 167 Å². The number of H-pyrrole nitrogens is 1. The van der Waals surface area contributed by atoms with E-state index >= 15 is 0 Å². The van der Waals surface area contributed by atoms with Gasteiger partial charge in [0.1, 0.15) is 10.6 Å². The van der Waals surface area contributed by atoms with Gasteiger partial charge in [0, 0.05) is 5.41 Å². The molecule has 0 fully saturated rings. The fourth-order valence-electron chi connectivity index (χ4n) is 3.25. The number of imidazole rings is 1. The molecule has 4 aromatic rings. The zero-order chi connectivity index (χ0) is 23.5. The predicted molar refractivity (Wildman–Crippen MR) is 116 cm³/mol. The van der Waals surface area contributed by atoms with E-state index in [1.54, 1.807) is 4.52 Å². The SMILES string of the molecule is CC(C)(C)c1[nH]n2c(nc3ccccc32)c1N=Nc1cc(S(=O)(=O)O)ccc1S(=O)(=O)O. The van der Waals surface area contributed by atoms with Gasteiger partial charge >= 0.3 is 0 Å². The van der Waals surface area contributed by atoms with Crippen LogP contribution in [0.15, 0.2) is 62.5 Å². The lowest BCUT2D eigenvalue weighted by Crippen LogP contribution is -2.12. The molecule has 11 nitrogen and oxygen atoms in total. The maximum Gasteiger partial charge on any atom is 0.296 e. The summed E-state index contributed by atoms with van der Waals surface area (Å²) in [4.78, 5) is 3.31. The summed E-state index contributed by atoms with van der Waals surface area (Å²) in [6.07, 6.45) is 0. The highest BCUT2D eigenvalue weighted by atomic mass is 32.2. The van der Waals surface area contributed by atoms with Crippen LogP contribution in [0.3, 0.4) is 0 Å². The lowest BCUT2D eigenvalue weighted by molar-refractivity contribution is 0.478. The van der Waals surface area contributed by atoms with Gasteiger partial charge in [-0.25, -0.2) is 9.50 Å². The highest BCUT2D eigenvalue weighted by Crippen LogP contribution is 2.37. The molecular weight excluding hydrogens is 458 g/mol. The zero-order valence-electron chi connectivity index (χ0n) is 17.2. The summed E-state index contributed by atoms with van der Waals surface area (Å²) in [6.45, 7) is 5.80. The van der Waals surface area contributed by atoms with Gasteiger partial charge in [0.2, 0.25) is 0 Å². The highest BCUT2D eigenvalue weighted by Gasteiger charge is 2.26. The number of hydrogen-bond acceptors (Lipinski definition) is 7. The molecule has 4 rings (SSSR count). The van der Waals surface area contributed by atoms with Gasteiger partial charge in [-0.15, -0.1) is 10.2 Å². The molecule has 2 aromatic heterocycles. The van der Waals surface area contributed by atoms with Gasteiger partial charge in [0.05, 0.1) is 21.6 Å². The van der Waals surface area contributed by atoms with Crippen molar-refractivity contribution in [3.8, 4) is 0 Å². The maximum atomic E-state index is 11.8. The number of aromatic amines is 1. The predicted octanol–water partition coefficient (Wildman–Crippen LogP) is 4.02. The lowest BCUT2D eigenvalue weighted by Gasteiger charge is -2.16. The number of para-hydroxylation sites is 2. The van der Waals surface area contributed by atoms with E-state index in [4.69, 9.17) is 0 Å². The normalized spacial score (nSPS) is 13.5. The molecule has 0 unspecified atom stereocenters. The van der Waals surface area contributed by atoms with Gasteiger partial charge in [-0.2, -0.15) is 16.8 Å². The zero-order valence-corrected chi connectivity index (χ0v) is 18.8. The van der Waals surface area contributed by atoms with Crippen molar-refractivity contribution < 1.29 is 25.9 Å². The minimum absolute atomic E-state index is 0.312. The molecule has 168 valence electrons. The molecule has 0 atom stereocenters. The molecule has 0 spiro atoms. The van der Waals surface area contributed by atoms with Crippen LogP contribution in [0.1, 0.15) is 26.5 Å². The molecule has 0 radical (unpaired) electrons. The maximum absolute atomic E-state index is 11.8. The van der Waals surface area contributed by atoms with Gasteiger partial charge < -0.3 is 0 Å². The summed E-state index contributed by atoms with van der Waals surface area (Å²) in [5, 5.41) is 11.3. The van der Waals surface area contributed by atoms with Crippen molar-refractivity contribution in [1.29, 1.82) is 0 Å². The number of rotatable bonds is 4. The average Bonchev–Trinajstić information content (AvgIpc) is 3.21. The Morgan fingerprint density at radius 2 is 1.66 bits per heavy atom. The molecule has 0 aliphatic heterocycles. The first-order valence-electron chi connectivity index (χ1n) is 9.27. The summed E-state index contributed by atoms with van der Waals surface area (Å²) in [5.41, 5.74) is 1.99. The third kappa shape index (κ3) is 3.90. The Bertz CT molecular complexity index is 1610. The van der Waals surface area contributed by atoms with Crippen LogP contribution < -0.4 is 0 Å². The first kappa shape index (κ1) is 22.1. The number of hydrogen-bond donors (Lipinski definition) is 3. The van der Waals surface area contributed by atoms with Crippen molar-refractivity contribution >= 4 is 48.3 Å². The first-order chi connectivity index (χ1) is 14.8. The minimum Gasteiger partial charge on any atom is -0.293 e. The molecule has 2 heterocycles. The quantitative estimate of drug-likeness (QED) is 0.295. The van der Waals surface area contributed by atoms with Gasteiger partial charge in [0.15, 0.2) is 11.3 Å². The van der Waals surface area contributed by atoms with E-state index in [9.17, 15) is 25.9 Å². The van der Waals surface area contributed by atoms with E-state index in [0.29, 0.717) is 22.5 Å². The Kier molecular flexibility index (Phi) is 4.97. The number of nitrogens with one attached hydrogen (secondary N) is 1. The fourth-order valence-corrected chi connectivity index (χ4v) is 4.35. The fraction of sp³-hybridized carbons (Fsp3) is 0.211. The Balaban J connectivity index is 1.98. The molecular formula is C19H19N5O6S2. The van der Waals surface area contributed by atoms with Gasteiger partial charge in [-0.1, -0.05) is 32.9 Å². The summed E-state index contributed by atoms with van der Waals surface area (Å²) < 4.78 is 67.0. The molecule has 0 amide bonds. The molecule has 0 saturated heterocycles. The van der Waals surface area contributed by atoms with Crippen LogP contribution in [-0.2, 0) is 25.7 Å². The van der Waals surface area contributed by atoms with E-state index in [1.807, 2.05) is 45.0 Å². The summed E-state index contributed by atoms with van der Waals surface area (Å²) in [7, 11) is -9.39. The monoisotopic (exact) mass is 477 g/mol. The number of benzene rings is 2. The Hall–Kier alpha value is -3.13. The van der Waals surface area contributed by atoms with Crippen molar-refractivity contribution in [3.63, 3.8) is 0 Å². The number of aromatic nitrogens is 3. The third-order valence-corrected chi connectivity index (χ3v) is 6.50. The number of fused-ring (bicyclic) bond motifs is 3. The second kappa shape index (κ2) is 7.20. The average molecular weight is 478 g/mol. The van der Waals surface area contributed by atoms with Gasteiger partial charge in [-0.05, 0) is 30.3 Å². The highest BCUT2D eigenvalue weighted by molar-refractivity contribution is 7.86. The van der Waals surface area contributed by atoms with Crippen molar-refractivity contribution in [1.82, 2.24) is 14.6 Å².